The third-order valence-corrected chi connectivity index (χ3v) is 4.08. The molecule has 0 saturated carbocycles. The first-order valence-electron chi connectivity index (χ1n) is 7.72. The summed E-state index contributed by atoms with van der Waals surface area (Å²) in [5.41, 5.74) is 1.24. The highest BCUT2D eigenvalue weighted by molar-refractivity contribution is 5.79. The standard InChI is InChI=1S/C17H26N2O/c1-13(2)16(11-14-7-4-3-5-8-14)17(20)19-15-9-6-10-18-12-15/h3-5,7-8,13,15-16,18H,6,9-12H2,1-2H3,(H,19,20). The number of carbonyl (C=O) groups excluding carboxylic acids is 1. The van der Waals surface area contributed by atoms with Crippen LogP contribution in [0.25, 0.3) is 0 Å². The van der Waals surface area contributed by atoms with Gasteiger partial charge in [-0.3, -0.25) is 4.79 Å². The summed E-state index contributed by atoms with van der Waals surface area (Å²) >= 11 is 0. The van der Waals surface area contributed by atoms with Crippen LogP contribution in [0.4, 0.5) is 0 Å². The van der Waals surface area contributed by atoms with E-state index in [-0.39, 0.29) is 11.8 Å². The fraction of sp³-hybridized carbons (Fsp3) is 0.588. The van der Waals surface area contributed by atoms with Crippen LogP contribution in [0.3, 0.4) is 0 Å². The minimum atomic E-state index is 0.0549. The Hall–Kier alpha value is -1.35. The Morgan fingerprint density at radius 2 is 2.10 bits per heavy atom. The van der Waals surface area contributed by atoms with Crippen molar-refractivity contribution in [1.29, 1.82) is 0 Å². The minimum Gasteiger partial charge on any atom is -0.352 e. The second-order valence-corrected chi connectivity index (χ2v) is 6.09. The summed E-state index contributed by atoms with van der Waals surface area (Å²) in [5, 5.41) is 6.56. The normalized spacial score (nSPS) is 20.6. The highest BCUT2D eigenvalue weighted by Gasteiger charge is 2.25. The van der Waals surface area contributed by atoms with Gasteiger partial charge in [-0.15, -0.1) is 0 Å². The first-order valence-corrected chi connectivity index (χ1v) is 7.72. The molecule has 2 unspecified atom stereocenters. The summed E-state index contributed by atoms with van der Waals surface area (Å²) in [7, 11) is 0. The third-order valence-electron chi connectivity index (χ3n) is 4.08. The van der Waals surface area contributed by atoms with Crippen molar-refractivity contribution in [1.82, 2.24) is 10.6 Å². The van der Waals surface area contributed by atoms with E-state index in [1.807, 2.05) is 18.2 Å². The molecular weight excluding hydrogens is 248 g/mol. The highest BCUT2D eigenvalue weighted by atomic mass is 16.2. The minimum absolute atomic E-state index is 0.0549. The number of amides is 1. The van der Waals surface area contributed by atoms with Crippen molar-refractivity contribution < 1.29 is 4.79 Å². The van der Waals surface area contributed by atoms with Gasteiger partial charge in [-0.1, -0.05) is 44.2 Å². The number of hydrogen-bond acceptors (Lipinski definition) is 2. The predicted octanol–water partition coefficient (Wildman–Crippen LogP) is 2.37. The molecule has 1 fully saturated rings. The van der Waals surface area contributed by atoms with Crippen LogP contribution >= 0.6 is 0 Å². The first kappa shape index (κ1) is 15.0. The van der Waals surface area contributed by atoms with E-state index >= 15 is 0 Å². The molecule has 1 aromatic rings. The lowest BCUT2D eigenvalue weighted by Crippen LogP contribution is -2.48. The van der Waals surface area contributed by atoms with Crippen LogP contribution in [0.5, 0.6) is 0 Å². The summed E-state index contributed by atoms with van der Waals surface area (Å²) < 4.78 is 0. The van der Waals surface area contributed by atoms with E-state index in [1.54, 1.807) is 0 Å². The fourth-order valence-corrected chi connectivity index (χ4v) is 2.78. The van der Waals surface area contributed by atoms with E-state index in [2.05, 4.69) is 36.6 Å². The molecule has 3 heteroatoms. The Bertz CT molecular complexity index is 410. The van der Waals surface area contributed by atoms with Crippen molar-refractivity contribution in [2.24, 2.45) is 11.8 Å². The molecule has 0 spiro atoms. The second kappa shape index (κ2) is 7.44. The van der Waals surface area contributed by atoms with Gasteiger partial charge in [0.25, 0.3) is 0 Å². The van der Waals surface area contributed by atoms with Crippen molar-refractivity contribution in [2.45, 2.75) is 39.2 Å². The van der Waals surface area contributed by atoms with Gasteiger partial charge in [0.2, 0.25) is 5.91 Å². The fourth-order valence-electron chi connectivity index (χ4n) is 2.78. The molecule has 2 rings (SSSR count). The molecule has 110 valence electrons. The van der Waals surface area contributed by atoms with E-state index in [9.17, 15) is 4.79 Å². The summed E-state index contributed by atoms with van der Waals surface area (Å²) in [6, 6.07) is 10.6. The van der Waals surface area contributed by atoms with E-state index in [0.29, 0.717) is 12.0 Å². The Balaban J connectivity index is 1.95. The Kier molecular flexibility index (Phi) is 5.60. The smallest absolute Gasteiger partial charge is 0.223 e. The molecule has 0 bridgehead atoms. The number of nitrogens with one attached hydrogen (secondary N) is 2. The number of piperidine rings is 1. The largest absolute Gasteiger partial charge is 0.352 e. The molecule has 1 aromatic carbocycles. The van der Waals surface area contributed by atoms with Crippen molar-refractivity contribution in [3.8, 4) is 0 Å². The van der Waals surface area contributed by atoms with Gasteiger partial charge in [-0.05, 0) is 37.3 Å². The molecule has 1 amide bonds. The Labute approximate surface area is 122 Å². The van der Waals surface area contributed by atoms with E-state index < -0.39 is 0 Å². The van der Waals surface area contributed by atoms with Crippen LogP contribution < -0.4 is 10.6 Å². The van der Waals surface area contributed by atoms with Gasteiger partial charge in [0.05, 0.1) is 0 Å². The third kappa shape index (κ3) is 4.34. The maximum atomic E-state index is 12.5. The van der Waals surface area contributed by atoms with Gasteiger partial charge in [-0.25, -0.2) is 0 Å². The van der Waals surface area contributed by atoms with Crippen LogP contribution in [0, 0.1) is 11.8 Å². The molecule has 2 atom stereocenters. The van der Waals surface area contributed by atoms with Gasteiger partial charge in [-0.2, -0.15) is 0 Å². The zero-order chi connectivity index (χ0) is 14.4. The molecule has 0 aliphatic carbocycles. The lowest BCUT2D eigenvalue weighted by atomic mass is 9.88. The number of benzene rings is 1. The molecule has 0 radical (unpaired) electrons. The monoisotopic (exact) mass is 274 g/mol. The highest BCUT2D eigenvalue weighted by Crippen LogP contribution is 2.18. The molecule has 20 heavy (non-hydrogen) atoms. The average molecular weight is 274 g/mol. The van der Waals surface area contributed by atoms with Gasteiger partial charge in [0.1, 0.15) is 0 Å². The quantitative estimate of drug-likeness (QED) is 0.865. The van der Waals surface area contributed by atoms with Crippen LogP contribution in [-0.2, 0) is 11.2 Å². The van der Waals surface area contributed by atoms with Crippen LogP contribution in [0.15, 0.2) is 30.3 Å². The SMILES string of the molecule is CC(C)C(Cc1ccccc1)C(=O)NC1CCCNC1. The lowest BCUT2D eigenvalue weighted by Gasteiger charge is -2.27. The topological polar surface area (TPSA) is 41.1 Å². The summed E-state index contributed by atoms with van der Waals surface area (Å²) in [5.74, 6) is 0.614. The maximum Gasteiger partial charge on any atom is 0.223 e. The van der Waals surface area contributed by atoms with Crippen molar-refractivity contribution in [3.63, 3.8) is 0 Å². The molecule has 3 nitrogen and oxygen atoms in total. The van der Waals surface area contributed by atoms with Gasteiger partial charge >= 0.3 is 0 Å². The summed E-state index contributed by atoms with van der Waals surface area (Å²) in [6.07, 6.45) is 3.06. The van der Waals surface area contributed by atoms with Crippen molar-refractivity contribution >= 4 is 5.91 Å². The summed E-state index contributed by atoms with van der Waals surface area (Å²) in [4.78, 5) is 12.5. The van der Waals surface area contributed by atoms with E-state index in [4.69, 9.17) is 0 Å². The molecule has 1 aliphatic heterocycles. The molecule has 1 aliphatic rings. The van der Waals surface area contributed by atoms with Crippen molar-refractivity contribution in [2.75, 3.05) is 13.1 Å². The number of rotatable bonds is 5. The lowest BCUT2D eigenvalue weighted by molar-refractivity contribution is -0.127. The molecular formula is C17H26N2O. The number of hydrogen-bond donors (Lipinski definition) is 2. The maximum absolute atomic E-state index is 12.5. The van der Waals surface area contributed by atoms with Gasteiger partial charge in [0, 0.05) is 18.5 Å². The van der Waals surface area contributed by atoms with Gasteiger partial charge < -0.3 is 10.6 Å². The van der Waals surface area contributed by atoms with Crippen LogP contribution in [-0.4, -0.2) is 25.0 Å². The van der Waals surface area contributed by atoms with Gasteiger partial charge in [0.15, 0.2) is 0 Å². The van der Waals surface area contributed by atoms with E-state index in [0.717, 1.165) is 32.4 Å². The van der Waals surface area contributed by atoms with Crippen LogP contribution in [0.2, 0.25) is 0 Å². The van der Waals surface area contributed by atoms with E-state index in [1.165, 1.54) is 5.56 Å². The first-order chi connectivity index (χ1) is 9.66. The predicted molar refractivity (Wildman–Crippen MR) is 82.5 cm³/mol. The number of carbonyl (C=O) groups is 1. The van der Waals surface area contributed by atoms with Crippen molar-refractivity contribution in [3.05, 3.63) is 35.9 Å². The second-order valence-electron chi connectivity index (χ2n) is 6.09. The summed E-state index contributed by atoms with van der Waals surface area (Å²) in [6.45, 7) is 6.24. The Morgan fingerprint density at radius 3 is 2.70 bits per heavy atom. The molecule has 0 aromatic heterocycles. The molecule has 1 saturated heterocycles. The molecule has 2 N–H and O–H groups in total. The Morgan fingerprint density at radius 1 is 1.35 bits per heavy atom. The molecule has 1 heterocycles. The zero-order valence-corrected chi connectivity index (χ0v) is 12.6. The average Bonchev–Trinajstić information content (AvgIpc) is 2.46. The van der Waals surface area contributed by atoms with Crippen LogP contribution in [0.1, 0.15) is 32.3 Å². The zero-order valence-electron chi connectivity index (χ0n) is 12.6.